The summed E-state index contributed by atoms with van der Waals surface area (Å²) in [6.07, 6.45) is 1.66. The molecule has 0 fully saturated rings. The molecule has 2 rings (SSSR count). The fourth-order valence-corrected chi connectivity index (χ4v) is 2.60. The van der Waals surface area contributed by atoms with Crippen molar-refractivity contribution in [1.29, 1.82) is 0 Å². The summed E-state index contributed by atoms with van der Waals surface area (Å²) in [6.45, 7) is 0. The molecule has 2 aromatic carbocycles. The highest BCUT2D eigenvalue weighted by Gasteiger charge is 2.14. The maximum atomic E-state index is 11.2. The lowest BCUT2D eigenvalue weighted by atomic mass is 10.0. The zero-order valence-corrected chi connectivity index (χ0v) is 13.7. The number of methoxy groups -OCH3 is 2. The Morgan fingerprint density at radius 1 is 0.957 bits per heavy atom. The third kappa shape index (κ3) is 4.01. The van der Waals surface area contributed by atoms with Gasteiger partial charge < -0.3 is 13.7 Å². The molecule has 0 bridgehead atoms. The van der Waals surface area contributed by atoms with Crippen LogP contribution in [0.5, 0.6) is 17.2 Å². The molecule has 0 N–H and O–H groups in total. The summed E-state index contributed by atoms with van der Waals surface area (Å²) in [5.74, 6) is 1.13. The van der Waals surface area contributed by atoms with Gasteiger partial charge in [-0.1, -0.05) is 12.1 Å². The average molecular weight is 336 g/mol. The Labute approximate surface area is 134 Å². The molecule has 0 saturated heterocycles. The normalized spacial score (nSPS) is 10.9. The summed E-state index contributed by atoms with van der Waals surface area (Å²) in [6, 6.07) is 9.71. The van der Waals surface area contributed by atoms with E-state index in [-0.39, 0.29) is 5.75 Å². The van der Waals surface area contributed by atoms with Crippen LogP contribution in [0.3, 0.4) is 0 Å². The lowest BCUT2D eigenvalue weighted by molar-refractivity contribution is 0.112. The minimum absolute atomic E-state index is 0.203. The number of carbonyl (C=O) groups excluding carboxylic acids is 1. The highest BCUT2D eigenvalue weighted by atomic mass is 32.2. The first-order valence-corrected chi connectivity index (χ1v) is 8.40. The molecule has 6 nitrogen and oxygen atoms in total. The second kappa shape index (κ2) is 6.70. The van der Waals surface area contributed by atoms with Crippen LogP contribution >= 0.6 is 0 Å². The van der Waals surface area contributed by atoms with Gasteiger partial charge in [-0.15, -0.1) is 0 Å². The van der Waals surface area contributed by atoms with Crippen LogP contribution in [0.4, 0.5) is 0 Å². The Hall–Kier alpha value is -2.54. The number of rotatable bonds is 6. The van der Waals surface area contributed by atoms with Gasteiger partial charge in [0.2, 0.25) is 0 Å². The van der Waals surface area contributed by atoms with Crippen molar-refractivity contribution in [2.45, 2.75) is 0 Å². The third-order valence-corrected chi connectivity index (χ3v) is 3.57. The van der Waals surface area contributed by atoms with Gasteiger partial charge in [-0.25, -0.2) is 0 Å². The molecule has 0 aliphatic heterocycles. The predicted molar refractivity (Wildman–Crippen MR) is 85.8 cm³/mol. The molecule has 0 spiro atoms. The maximum Gasteiger partial charge on any atom is 0.306 e. The number of hydrogen-bond acceptors (Lipinski definition) is 6. The Morgan fingerprint density at radius 3 is 2.09 bits per heavy atom. The van der Waals surface area contributed by atoms with Crippen molar-refractivity contribution in [1.82, 2.24) is 0 Å². The van der Waals surface area contributed by atoms with Crippen molar-refractivity contribution >= 4 is 16.4 Å². The van der Waals surface area contributed by atoms with Crippen LogP contribution in [-0.4, -0.2) is 35.2 Å². The highest BCUT2D eigenvalue weighted by Crippen LogP contribution is 2.37. The molecule has 2 aromatic rings. The van der Waals surface area contributed by atoms with Crippen molar-refractivity contribution in [2.75, 3.05) is 20.5 Å². The van der Waals surface area contributed by atoms with Crippen molar-refractivity contribution < 1.29 is 26.9 Å². The first kappa shape index (κ1) is 16.8. The van der Waals surface area contributed by atoms with Crippen LogP contribution in [0.1, 0.15) is 10.4 Å². The first-order chi connectivity index (χ1) is 10.9. The van der Waals surface area contributed by atoms with E-state index >= 15 is 0 Å². The lowest BCUT2D eigenvalue weighted by Gasteiger charge is -2.13. The first-order valence-electron chi connectivity index (χ1n) is 6.59. The van der Waals surface area contributed by atoms with Crippen LogP contribution in [0, 0.1) is 0 Å². The van der Waals surface area contributed by atoms with Crippen molar-refractivity contribution in [3.8, 4) is 28.4 Å². The Balaban J connectivity index is 2.50. The van der Waals surface area contributed by atoms with Crippen LogP contribution in [0.25, 0.3) is 11.1 Å². The van der Waals surface area contributed by atoms with Crippen molar-refractivity contribution in [2.24, 2.45) is 0 Å². The summed E-state index contributed by atoms with van der Waals surface area (Å²) in [5.41, 5.74) is 1.74. The van der Waals surface area contributed by atoms with Gasteiger partial charge in [-0.05, 0) is 29.8 Å². The van der Waals surface area contributed by atoms with E-state index in [1.807, 2.05) is 0 Å². The quantitative estimate of drug-likeness (QED) is 0.596. The van der Waals surface area contributed by atoms with Gasteiger partial charge in [0.15, 0.2) is 6.29 Å². The molecule has 0 radical (unpaired) electrons. The lowest BCUT2D eigenvalue weighted by Crippen LogP contribution is -2.05. The van der Waals surface area contributed by atoms with Gasteiger partial charge in [0, 0.05) is 5.56 Å². The van der Waals surface area contributed by atoms with Gasteiger partial charge in [0.1, 0.15) is 17.2 Å². The molecule has 0 aliphatic carbocycles. The number of carbonyl (C=O) groups is 1. The summed E-state index contributed by atoms with van der Waals surface area (Å²) in [5, 5.41) is 0. The number of benzene rings is 2. The summed E-state index contributed by atoms with van der Waals surface area (Å²) >= 11 is 0. The summed E-state index contributed by atoms with van der Waals surface area (Å²) < 4.78 is 37.6. The van der Waals surface area contributed by atoms with Gasteiger partial charge in [-0.2, -0.15) is 8.42 Å². The fraction of sp³-hybridized carbons (Fsp3) is 0.188. The van der Waals surface area contributed by atoms with E-state index in [9.17, 15) is 13.2 Å². The molecule has 0 aromatic heterocycles. The smallest absolute Gasteiger partial charge is 0.306 e. The van der Waals surface area contributed by atoms with Crippen molar-refractivity contribution in [3.05, 3.63) is 42.0 Å². The second-order valence-electron chi connectivity index (χ2n) is 4.73. The second-order valence-corrected chi connectivity index (χ2v) is 6.30. The van der Waals surface area contributed by atoms with Crippen LogP contribution in [0.2, 0.25) is 0 Å². The Bertz CT molecular complexity index is 809. The molecule has 7 heteroatoms. The number of ether oxygens (including phenoxy) is 2. The topological polar surface area (TPSA) is 78.9 Å². The van der Waals surface area contributed by atoms with E-state index in [0.29, 0.717) is 28.9 Å². The summed E-state index contributed by atoms with van der Waals surface area (Å²) in [7, 11) is -0.605. The van der Waals surface area contributed by atoms with E-state index in [1.54, 1.807) is 24.3 Å². The van der Waals surface area contributed by atoms with Gasteiger partial charge >= 0.3 is 10.1 Å². The van der Waals surface area contributed by atoms with Crippen LogP contribution < -0.4 is 13.7 Å². The number of hydrogen-bond donors (Lipinski definition) is 0. The van der Waals surface area contributed by atoms with Crippen molar-refractivity contribution in [3.63, 3.8) is 0 Å². The zero-order valence-electron chi connectivity index (χ0n) is 12.9. The molecule has 0 amide bonds. The predicted octanol–water partition coefficient (Wildman–Crippen LogP) is 2.52. The van der Waals surface area contributed by atoms with E-state index in [4.69, 9.17) is 13.7 Å². The minimum atomic E-state index is -3.58. The van der Waals surface area contributed by atoms with E-state index < -0.39 is 10.1 Å². The fourth-order valence-electron chi connectivity index (χ4n) is 2.14. The highest BCUT2D eigenvalue weighted by molar-refractivity contribution is 7.86. The Morgan fingerprint density at radius 2 is 1.61 bits per heavy atom. The monoisotopic (exact) mass is 336 g/mol. The largest absolute Gasteiger partial charge is 0.497 e. The standard InChI is InChI=1S/C16H16O6S/c1-20-14-8-12(10-17)16(21-2)15(9-14)11-4-6-13(7-5-11)22-23(3,18)19/h4-10H,1-3H3. The van der Waals surface area contributed by atoms with Crippen LogP contribution in [-0.2, 0) is 10.1 Å². The molecular weight excluding hydrogens is 320 g/mol. The molecule has 0 atom stereocenters. The minimum Gasteiger partial charge on any atom is -0.497 e. The van der Waals surface area contributed by atoms with E-state index in [0.717, 1.165) is 11.8 Å². The van der Waals surface area contributed by atoms with Gasteiger partial charge in [0.25, 0.3) is 0 Å². The van der Waals surface area contributed by atoms with Gasteiger partial charge in [0.05, 0.1) is 26.0 Å². The molecule has 122 valence electrons. The zero-order chi connectivity index (χ0) is 17.0. The SMILES string of the molecule is COc1cc(C=O)c(OC)c(-c2ccc(OS(C)(=O)=O)cc2)c1. The van der Waals surface area contributed by atoms with Gasteiger partial charge in [-0.3, -0.25) is 4.79 Å². The number of aldehydes is 1. The van der Waals surface area contributed by atoms with E-state index in [1.165, 1.54) is 26.4 Å². The van der Waals surface area contributed by atoms with Crippen LogP contribution in [0.15, 0.2) is 36.4 Å². The third-order valence-electron chi connectivity index (χ3n) is 3.07. The maximum absolute atomic E-state index is 11.2. The Kier molecular flexibility index (Phi) is 4.90. The molecule has 0 unspecified atom stereocenters. The molecule has 23 heavy (non-hydrogen) atoms. The molecule has 0 heterocycles. The average Bonchev–Trinajstić information content (AvgIpc) is 2.52. The molecule has 0 saturated carbocycles. The van der Waals surface area contributed by atoms with E-state index in [2.05, 4.69) is 0 Å². The molecular formula is C16H16O6S. The summed E-state index contributed by atoms with van der Waals surface area (Å²) in [4.78, 5) is 11.2. The molecule has 0 aliphatic rings.